The fraction of sp³-hybridized carbons (Fsp3) is 0.405. The van der Waals surface area contributed by atoms with E-state index in [9.17, 15) is 0 Å². The standard InChI is InChI=1S/C37H47BN2/c1-22(2)29-14-12-15-30(23(3)4)35(29)28-20-27(10)34-33(21-28)39(11)38(40-19-18-26(9)37(34)40)36-31(24(5)6)16-13-17-32(36)25(7)8/h12-25H,1-11H3. The topological polar surface area (TPSA) is 8.17 Å². The molecule has 0 amide bonds. The molecule has 4 aromatic rings. The highest BCUT2D eigenvalue weighted by Crippen LogP contribution is 2.45. The van der Waals surface area contributed by atoms with Crippen LogP contribution in [0.3, 0.4) is 0 Å². The van der Waals surface area contributed by atoms with Gasteiger partial charge in [-0.2, -0.15) is 0 Å². The third kappa shape index (κ3) is 4.52. The molecule has 5 rings (SSSR count). The molecule has 1 aliphatic heterocycles. The van der Waals surface area contributed by atoms with Crippen molar-refractivity contribution in [1.82, 2.24) is 4.48 Å². The largest absolute Gasteiger partial charge is 0.415 e. The van der Waals surface area contributed by atoms with Crippen LogP contribution < -0.4 is 10.3 Å². The van der Waals surface area contributed by atoms with Gasteiger partial charge in [-0.05, 0) is 113 Å². The summed E-state index contributed by atoms with van der Waals surface area (Å²) in [7, 11) is 2.31. The van der Waals surface area contributed by atoms with Crippen LogP contribution in [0.25, 0.3) is 22.4 Å². The van der Waals surface area contributed by atoms with Crippen LogP contribution in [0.4, 0.5) is 5.69 Å². The molecule has 0 atom stereocenters. The first-order chi connectivity index (χ1) is 18.9. The first-order valence-corrected chi connectivity index (χ1v) is 15.2. The summed E-state index contributed by atoms with van der Waals surface area (Å²) in [5, 5.41) is 0. The summed E-state index contributed by atoms with van der Waals surface area (Å²) >= 11 is 0. The molecule has 2 nitrogen and oxygen atoms in total. The molecular weight excluding hydrogens is 483 g/mol. The van der Waals surface area contributed by atoms with Crippen molar-refractivity contribution in [3.63, 3.8) is 0 Å². The number of fused-ring (bicyclic) bond motifs is 3. The third-order valence-electron chi connectivity index (χ3n) is 9.02. The molecule has 1 aliphatic rings. The van der Waals surface area contributed by atoms with Crippen LogP contribution in [-0.4, -0.2) is 18.5 Å². The first-order valence-electron chi connectivity index (χ1n) is 15.2. The van der Waals surface area contributed by atoms with E-state index < -0.39 is 0 Å². The van der Waals surface area contributed by atoms with Gasteiger partial charge in [0.15, 0.2) is 0 Å². The summed E-state index contributed by atoms with van der Waals surface area (Å²) < 4.78 is 2.54. The number of hydrogen-bond donors (Lipinski definition) is 0. The highest BCUT2D eigenvalue weighted by Gasteiger charge is 2.39. The molecule has 0 aliphatic carbocycles. The lowest BCUT2D eigenvalue weighted by Gasteiger charge is -2.39. The van der Waals surface area contributed by atoms with Gasteiger partial charge in [0.05, 0.1) is 0 Å². The van der Waals surface area contributed by atoms with Gasteiger partial charge in [0.1, 0.15) is 0 Å². The molecule has 0 radical (unpaired) electrons. The summed E-state index contributed by atoms with van der Waals surface area (Å²) in [6, 6.07) is 21.1. The van der Waals surface area contributed by atoms with E-state index >= 15 is 0 Å². The number of benzene rings is 3. The minimum Gasteiger partial charge on any atom is -0.394 e. The average Bonchev–Trinajstić information content (AvgIpc) is 3.28. The second-order valence-electron chi connectivity index (χ2n) is 13.2. The first kappa shape index (κ1) is 28.3. The molecule has 1 aromatic heterocycles. The minimum atomic E-state index is 0.103. The van der Waals surface area contributed by atoms with E-state index in [-0.39, 0.29) is 6.98 Å². The maximum absolute atomic E-state index is 2.55. The minimum absolute atomic E-state index is 0.103. The molecule has 0 bridgehead atoms. The molecular formula is C37H47BN2. The van der Waals surface area contributed by atoms with Crippen LogP contribution in [-0.2, 0) is 0 Å². The zero-order valence-electron chi connectivity index (χ0n) is 26.6. The summed E-state index contributed by atoms with van der Waals surface area (Å²) in [6.45, 7) is 23.3. The van der Waals surface area contributed by atoms with Gasteiger partial charge in [0.25, 0.3) is 0 Å². The summed E-state index contributed by atoms with van der Waals surface area (Å²) in [4.78, 5) is 2.55. The number of hydrogen-bond acceptors (Lipinski definition) is 1. The Kier molecular flexibility index (Phi) is 7.55. The van der Waals surface area contributed by atoms with E-state index in [1.807, 2.05) is 0 Å². The average molecular weight is 531 g/mol. The highest BCUT2D eigenvalue weighted by molar-refractivity contribution is 6.77. The normalized spacial score (nSPS) is 13.2. The third-order valence-corrected chi connectivity index (χ3v) is 9.02. The van der Waals surface area contributed by atoms with E-state index in [2.05, 4.69) is 146 Å². The van der Waals surface area contributed by atoms with Crippen molar-refractivity contribution in [1.29, 1.82) is 0 Å². The second-order valence-corrected chi connectivity index (χ2v) is 13.2. The summed E-state index contributed by atoms with van der Waals surface area (Å²) in [5.41, 5.74) is 16.7. The number of rotatable bonds is 6. The Morgan fingerprint density at radius 2 is 1.10 bits per heavy atom. The molecule has 0 saturated carbocycles. The molecule has 0 unspecified atom stereocenters. The quantitative estimate of drug-likeness (QED) is 0.225. The Bertz CT molecular complexity index is 1500. The van der Waals surface area contributed by atoms with Crippen LogP contribution in [0.15, 0.2) is 60.8 Å². The van der Waals surface area contributed by atoms with Gasteiger partial charge in [-0.15, -0.1) is 0 Å². The van der Waals surface area contributed by atoms with Crippen molar-refractivity contribution in [2.24, 2.45) is 0 Å². The lowest BCUT2D eigenvalue weighted by molar-refractivity contribution is 0.838. The Morgan fingerprint density at radius 3 is 1.60 bits per heavy atom. The molecule has 2 heterocycles. The molecule has 0 spiro atoms. The molecule has 0 N–H and O–H groups in total. The van der Waals surface area contributed by atoms with Crippen LogP contribution in [0.2, 0.25) is 0 Å². The number of nitrogens with zero attached hydrogens (tertiary/aromatic N) is 2. The molecule has 3 aromatic carbocycles. The molecule has 0 saturated heterocycles. The van der Waals surface area contributed by atoms with Crippen molar-refractivity contribution in [2.45, 2.75) is 92.9 Å². The van der Waals surface area contributed by atoms with E-state index in [0.29, 0.717) is 23.7 Å². The monoisotopic (exact) mass is 530 g/mol. The van der Waals surface area contributed by atoms with Crippen molar-refractivity contribution in [3.05, 3.63) is 94.2 Å². The van der Waals surface area contributed by atoms with Crippen molar-refractivity contribution in [2.75, 3.05) is 11.9 Å². The maximum Gasteiger partial charge on any atom is 0.415 e. The van der Waals surface area contributed by atoms with Crippen LogP contribution in [0, 0.1) is 13.8 Å². The van der Waals surface area contributed by atoms with Crippen molar-refractivity contribution in [3.8, 4) is 22.4 Å². The lowest BCUT2D eigenvalue weighted by atomic mass is 9.58. The number of aryl methyl sites for hydroxylation is 2. The van der Waals surface area contributed by atoms with Gasteiger partial charge in [-0.3, -0.25) is 0 Å². The Hall–Kier alpha value is -3.20. The van der Waals surface area contributed by atoms with E-state index in [1.54, 1.807) is 0 Å². The van der Waals surface area contributed by atoms with Crippen LogP contribution in [0.1, 0.15) is 112 Å². The zero-order chi connectivity index (χ0) is 29.0. The molecule has 3 heteroatoms. The van der Waals surface area contributed by atoms with E-state index in [0.717, 1.165) is 0 Å². The van der Waals surface area contributed by atoms with Crippen molar-refractivity contribution >= 4 is 18.1 Å². The van der Waals surface area contributed by atoms with Crippen molar-refractivity contribution < 1.29 is 0 Å². The summed E-state index contributed by atoms with van der Waals surface area (Å²) in [5.74, 6) is 1.81. The molecule has 40 heavy (non-hydrogen) atoms. The van der Waals surface area contributed by atoms with Crippen LogP contribution in [0.5, 0.6) is 0 Å². The SMILES string of the molecule is Cc1cc(-c2c(C(C)C)cccc2C(C)C)cc2c1-c1c(C)ccn1B(c1c(C(C)C)cccc1C(C)C)N2C. The van der Waals surface area contributed by atoms with Gasteiger partial charge < -0.3 is 9.29 Å². The fourth-order valence-electron chi connectivity index (χ4n) is 7.02. The Labute approximate surface area is 243 Å². The van der Waals surface area contributed by atoms with Gasteiger partial charge in [0.2, 0.25) is 0 Å². The summed E-state index contributed by atoms with van der Waals surface area (Å²) in [6.07, 6.45) is 2.31. The van der Waals surface area contributed by atoms with Gasteiger partial charge in [-0.1, -0.05) is 97.9 Å². The molecule has 0 fully saturated rings. The number of aromatic nitrogens is 1. The predicted molar refractivity (Wildman–Crippen MR) is 177 cm³/mol. The molecule has 208 valence electrons. The van der Waals surface area contributed by atoms with Gasteiger partial charge >= 0.3 is 6.98 Å². The van der Waals surface area contributed by atoms with E-state index in [1.165, 1.54) is 66.9 Å². The van der Waals surface area contributed by atoms with E-state index in [4.69, 9.17) is 0 Å². The Morgan fingerprint density at radius 1 is 0.600 bits per heavy atom. The number of anilines is 1. The highest BCUT2D eigenvalue weighted by atomic mass is 15.2. The maximum atomic E-state index is 2.55. The van der Waals surface area contributed by atoms with Gasteiger partial charge in [-0.25, -0.2) is 0 Å². The second kappa shape index (κ2) is 10.7. The Balaban J connectivity index is 1.83. The lowest BCUT2D eigenvalue weighted by Crippen LogP contribution is -2.56. The zero-order valence-corrected chi connectivity index (χ0v) is 26.6. The van der Waals surface area contributed by atoms with Crippen LogP contribution >= 0.6 is 0 Å². The fourth-order valence-corrected chi connectivity index (χ4v) is 7.02. The smallest absolute Gasteiger partial charge is 0.394 e. The predicted octanol–water partition coefficient (Wildman–Crippen LogP) is 9.63. The van der Waals surface area contributed by atoms with Gasteiger partial charge in [0, 0.05) is 16.9 Å².